The summed E-state index contributed by atoms with van der Waals surface area (Å²) in [6, 6.07) is 34.2. The van der Waals surface area contributed by atoms with Crippen molar-refractivity contribution in [1.29, 1.82) is 0 Å². The molecule has 0 radical (unpaired) electrons. The van der Waals surface area contributed by atoms with Crippen LogP contribution in [-0.4, -0.2) is 42.2 Å². The summed E-state index contributed by atoms with van der Waals surface area (Å²) in [7, 11) is 28.4. The summed E-state index contributed by atoms with van der Waals surface area (Å²) >= 11 is -11.6. The van der Waals surface area contributed by atoms with Crippen molar-refractivity contribution in [3.63, 3.8) is 0 Å². The second-order valence-corrected chi connectivity index (χ2v) is 48.5. The summed E-state index contributed by atoms with van der Waals surface area (Å²) in [6.07, 6.45) is 0. The first kappa shape index (κ1) is 27.6. The normalized spacial score (nSPS) is 13.9. The van der Waals surface area contributed by atoms with Gasteiger partial charge in [-0.05, 0) is 0 Å². The molecule has 0 saturated heterocycles. The molecule has 0 atom stereocenters. The standard InChI is InChI=1S/4C6H5.C2H2O4.4ClH.2Sn/c4*1-2-4-6-5-3-1;3-1(4)2(5)6;;;;;;/h4*1-5H;(H,3,4)(H,5,6);4*1H;;/q;;;;;;;;;2*+2/p-6. The van der Waals surface area contributed by atoms with E-state index >= 15 is 0 Å². The summed E-state index contributed by atoms with van der Waals surface area (Å²) in [5.74, 6) is -2.74. The molecule has 4 rings (SSSR count). The number of rotatable bonds is 6. The van der Waals surface area contributed by atoms with E-state index in [1.54, 1.807) is 121 Å². The molecule has 36 heavy (non-hydrogen) atoms. The fourth-order valence-electron chi connectivity index (χ4n) is 3.84. The molecule has 0 fully saturated rings. The van der Waals surface area contributed by atoms with E-state index in [0.717, 1.165) is 0 Å². The number of hydrogen-bond acceptors (Lipinski definition) is 4. The molecule has 0 bridgehead atoms. The Balaban J connectivity index is 1.75. The second kappa shape index (κ2) is 10.4. The zero-order chi connectivity index (χ0) is 25.9. The molecule has 0 amide bonds. The van der Waals surface area contributed by atoms with E-state index < -0.39 is 42.2 Å². The minimum absolute atomic E-state index is 0.418. The van der Waals surface area contributed by atoms with Gasteiger partial charge in [-0.3, -0.25) is 0 Å². The maximum atomic E-state index is 13.3. The van der Waals surface area contributed by atoms with E-state index in [-0.39, 0.29) is 0 Å². The Hall–Kier alpha value is -1.42. The molecule has 0 aromatic heterocycles. The quantitative estimate of drug-likeness (QED) is 0.215. The van der Waals surface area contributed by atoms with Crippen LogP contribution >= 0.6 is 35.7 Å². The van der Waals surface area contributed by atoms with Crippen molar-refractivity contribution in [1.82, 2.24) is 0 Å². The predicted octanol–water partition coefficient (Wildman–Crippen LogP) is 4.44. The Bertz CT molecular complexity index is 1190. The molecule has 4 nitrogen and oxygen atoms in total. The molecule has 0 saturated carbocycles. The molecule has 0 spiro atoms. The third-order valence-corrected chi connectivity index (χ3v) is 37.4. The molecule has 10 heteroatoms. The van der Waals surface area contributed by atoms with Crippen LogP contribution in [0.4, 0.5) is 0 Å². The summed E-state index contributed by atoms with van der Waals surface area (Å²) in [5, 5.41) is 0. The van der Waals surface area contributed by atoms with Gasteiger partial charge < -0.3 is 0 Å². The first-order valence-electron chi connectivity index (χ1n) is 10.9. The van der Waals surface area contributed by atoms with E-state index in [1.807, 2.05) is 0 Å². The number of carbonyl (C=O) groups excluding carboxylic acids is 2. The first-order valence-corrected chi connectivity index (χ1v) is 33.4. The number of hydrogen-bond donors (Lipinski definition) is 0. The summed E-state index contributed by atoms with van der Waals surface area (Å²) in [4.78, 5) is 26.6. The van der Waals surface area contributed by atoms with Gasteiger partial charge in [0.15, 0.2) is 0 Å². The van der Waals surface area contributed by atoms with E-state index in [2.05, 4.69) is 0 Å². The maximum absolute atomic E-state index is 13.3. The molecule has 0 aliphatic heterocycles. The van der Waals surface area contributed by atoms with Crippen molar-refractivity contribution in [2.45, 2.75) is 0 Å². The number of halogens is 4. The van der Waals surface area contributed by atoms with E-state index in [4.69, 9.17) is 41.8 Å². The zero-order valence-electron chi connectivity index (χ0n) is 18.7. The van der Waals surface area contributed by atoms with Gasteiger partial charge in [-0.25, -0.2) is 0 Å². The first-order chi connectivity index (χ1) is 17.0. The van der Waals surface area contributed by atoms with Gasteiger partial charge in [-0.2, -0.15) is 0 Å². The molecule has 0 heterocycles. The monoisotopic (exact) mass is 776 g/mol. The third-order valence-electron chi connectivity index (χ3n) is 5.73. The van der Waals surface area contributed by atoms with Crippen LogP contribution in [0.2, 0.25) is 0 Å². The fraction of sp³-hybridized carbons (Fsp3) is 0. The van der Waals surface area contributed by atoms with Crippen LogP contribution in [0.15, 0.2) is 121 Å². The Kier molecular flexibility index (Phi) is 7.96. The van der Waals surface area contributed by atoms with Gasteiger partial charge >= 0.3 is 229 Å². The van der Waals surface area contributed by atoms with Gasteiger partial charge in [0.1, 0.15) is 0 Å². The SMILES string of the molecule is O=C([O][Sn-]([Cl])([Cl])([c]1ccccc1)[c]1ccccc1)C(=O)[O][Sn-]([Cl])([Cl])([c]1ccccc1)[c]1ccccc1. The second-order valence-electron chi connectivity index (χ2n) is 8.11. The number of carbonyl (C=O) groups is 2. The van der Waals surface area contributed by atoms with Crippen molar-refractivity contribution >= 4 is 92.3 Å². The summed E-state index contributed by atoms with van der Waals surface area (Å²) in [6.45, 7) is 0. The predicted molar refractivity (Wildman–Crippen MR) is 151 cm³/mol. The van der Waals surface area contributed by atoms with Crippen LogP contribution in [0.5, 0.6) is 0 Å². The molecular weight excluding hydrogens is 756 g/mol. The Morgan fingerprint density at radius 2 is 0.611 bits per heavy atom. The van der Waals surface area contributed by atoms with Crippen molar-refractivity contribution in [2.75, 3.05) is 0 Å². The Morgan fingerprint density at radius 3 is 0.806 bits per heavy atom. The van der Waals surface area contributed by atoms with Crippen LogP contribution in [0.25, 0.3) is 0 Å². The molecule has 0 N–H and O–H groups in total. The van der Waals surface area contributed by atoms with Crippen LogP contribution in [0.1, 0.15) is 0 Å². The molecule has 4 aromatic carbocycles. The van der Waals surface area contributed by atoms with E-state index in [0.29, 0.717) is 14.3 Å². The van der Waals surface area contributed by atoms with Gasteiger partial charge in [-0.15, -0.1) is 0 Å². The molecule has 186 valence electrons. The van der Waals surface area contributed by atoms with Gasteiger partial charge in [-0.1, -0.05) is 0 Å². The van der Waals surface area contributed by atoms with Crippen molar-refractivity contribution < 1.29 is 15.7 Å². The summed E-state index contributed by atoms with van der Waals surface area (Å²) in [5.41, 5.74) is 0. The van der Waals surface area contributed by atoms with Crippen molar-refractivity contribution in [3.05, 3.63) is 121 Å². The van der Waals surface area contributed by atoms with Crippen LogP contribution < -0.4 is 14.3 Å². The molecule has 0 aliphatic carbocycles. The third kappa shape index (κ3) is 5.26. The number of benzene rings is 4. The minimum atomic E-state index is -5.79. The molecule has 4 aromatic rings. The molecule has 0 unspecified atom stereocenters. The molecule has 0 aliphatic rings. The van der Waals surface area contributed by atoms with E-state index in [9.17, 15) is 9.59 Å². The van der Waals surface area contributed by atoms with Crippen molar-refractivity contribution in [3.8, 4) is 0 Å². The van der Waals surface area contributed by atoms with Crippen molar-refractivity contribution in [2.24, 2.45) is 0 Å². The topological polar surface area (TPSA) is 52.6 Å². The molecular formula is C26H20Cl4O4Sn2-2. The fourth-order valence-corrected chi connectivity index (χ4v) is 26.6. The average Bonchev–Trinajstić information content (AvgIpc) is 2.91. The van der Waals surface area contributed by atoms with E-state index in [1.165, 1.54) is 0 Å². The van der Waals surface area contributed by atoms with Gasteiger partial charge in [0, 0.05) is 0 Å². The van der Waals surface area contributed by atoms with Crippen LogP contribution in [0, 0.1) is 0 Å². The van der Waals surface area contributed by atoms with Gasteiger partial charge in [0.25, 0.3) is 0 Å². The van der Waals surface area contributed by atoms with Gasteiger partial charge in [0.2, 0.25) is 0 Å². The summed E-state index contributed by atoms with van der Waals surface area (Å²) < 4.78 is 13.2. The van der Waals surface area contributed by atoms with Crippen LogP contribution in [-0.2, 0) is 15.7 Å². The Morgan fingerprint density at radius 1 is 0.417 bits per heavy atom. The zero-order valence-corrected chi connectivity index (χ0v) is 27.4. The van der Waals surface area contributed by atoms with Crippen LogP contribution in [0.3, 0.4) is 0 Å². The average molecular weight is 776 g/mol. The van der Waals surface area contributed by atoms with Gasteiger partial charge in [0.05, 0.1) is 0 Å². The Labute approximate surface area is 227 Å².